The number of carboxylic acids is 1. The van der Waals surface area contributed by atoms with Crippen LogP contribution < -0.4 is 11.1 Å². The number of nitrogens with one attached hydrogen (secondary N) is 1. The lowest BCUT2D eigenvalue weighted by atomic mass is 9.78. The number of hydrogen-bond donors (Lipinski definition) is 3. The molecule has 5 nitrogen and oxygen atoms in total. The van der Waals surface area contributed by atoms with Crippen LogP contribution in [0.1, 0.15) is 12.0 Å². The molecule has 0 unspecified atom stereocenters. The van der Waals surface area contributed by atoms with Crippen molar-refractivity contribution < 1.29 is 9.90 Å². The summed E-state index contributed by atoms with van der Waals surface area (Å²) in [5, 5.41) is 21.3. The van der Waals surface area contributed by atoms with Crippen molar-refractivity contribution in [3.05, 3.63) is 29.8 Å². The molecule has 1 aromatic carbocycles. The van der Waals surface area contributed by atoms with Crippen LogP contribution in [0.5, 0.6) is 0 Å². The zero-order valence-electron chi connectivity index (χ0n) is 9.18. The van der Waals surface area contributed by atoms with Crippen molar-refractivity contribution in [1.82, 2.24) is 0 Å². The smallest absolute Gasteiger partial charge is 0.320 e. The number of carbonyl (C=O) groups is 1. The van der Waals surface area contributed by atoms with Gasteiger partial charge in [0.05, 0.1) is 6.07 Å². The van der Waals surface area contributed by atoms with Gasteiger partial charge in [0, 0.05) is 12.2 Å². The highest BCUT2D eigenvalue weighted by atomic mass is 16.4. The van der Waals surface area contributed by atoms with E-state index in [1.54, 1.807) is 0 Å². The molecular formula is C12H13N3O2. The predicted octanol–water partition coefficient (Wildman–Crippen LogP) is 0.675. The van der Waals surface area contributed by atoms with Crippen LogP contribution in [0, 0.1) is 11.3 Å². The number of carboxylic acid groups (broad SMARTS) is 1. The molecule has 17 heavy (non-hydrogen) atoms. The van der Waals surface area contributed by atoms with Crippen LogP contribution in [0.15, 0.2) is 24.3 Å². The number of aliphatic carboxylic acids is 1. The van der Waals surface area contributed by atoms with E-state index in [0.717, 1.165) is 11.3 Å². The minimum atomic E-state index is -1.08. The number of nitrogens with zero attached hydrogens (tertiary/aromatic N) is 1. The van der Waals surface area contributed by atoms with Crippen LogP contribution in [0.3, 0.4) is 0 Å². The van der Waals surface area contributed by atoms with E-state index in [1.165, 1.54) is 0 Å². The first kappa shape index (κ1) is 11.4. The van der Waals surface area contributed by atoms with Crippen molar-refractivity contribution in [1.29, 1.82) is 5.26 Å². The summed E-state index contributed by atoms with van der Waals surface area (Å²) >= 11 is 0. The average molecular weight is 231 g/mol. The lowest BCUT2D eigenvalue weighted by molar-refractivity contribution is -0.138. The molecule has 0 saturated carbocycles. The van der Waals surface area contributed by atoms with Gasteiger partial charge in [-0.3, -0.25) is 4.79 Å². The van der Waals surface area contributed by atoms with Gasteiger partial charge in [0.1, 0.15) is 11.5 Å². The third-order valence-corrected chi connectivity index (χ3v) is 3.12. The molecule has 0 radical (unpaired) electrons. The Labute approximate surface area is 98.9 Å². The lowest BCUT2D eigenvalue weighted by Crippen LogP contribution is -2.40. The van der Waals surface area contributed by atoms with Crippen LogP contribution in [-0.2, 0) is 10.2 Å². The molecule has 1 aliphatic rings. The van der Waals surface area contributed by atoms with Gasteiger partial charge >= 0.3 is 5.97 Å². The lowest BCUT2D eigenvalue weighted by Gasteiger charge is -2.22. The molecule has 2 atom stereocenters. The number of benzene rings is 1. The second-order valence-corrected chi connectivity index (χ2v) is 4.24. The second-order valence-electron chi connectivity index (χ2n) is 4.24. The zero-order chi connectivity index (χ0) is 12.5. The van der Waals surface area contributed by atoms with Gasteiger partial charge in [0.15, 0.2) is 0 Å². The molecule has 0 bridgehead atoms. The van der Waals surface area contributed by atoms with Crippen molar-refractivity contribution in [2.75, 3.05) is 11.9 Å². The molecule has 1 heterocycles. The van der Waals surface area contributed by atoms with E-state index in [1.807, 2.05) is 24.3 Å². The van der Waals surface area contributed by atoms with Crippen molar-refractivity contribution >= 4 is 11.7 Å². The van der Waals surface area contributed by atoms with Gasteiger partial charge < -0.3 is 16.2 Å². The van der Waals surface area contributed by atoms with Gasteiger partial charge in [-0.25, -0.2) is 0 Å². The van der Waals surface area contributed by atoms with E-state index in [4.69, 9.17) is 10.8 Å². The Morgan fingerprint density at radius 1 is 1.65 bits per heavy atom. The molecule has 88 valence electrons. The SMILES string of the molecule is N#C[C@@]1(C[C@H](N)C(=O)O)CNc2ccccc21. The predicted molar refractivity (Wildman–Crippen MR) is 62.5 cm³/mol. The summed E-state index contributed by atoms with van der Waals surface area (Å²) in [6.07, 6.45) is 0.114. The highest BCUT2D eigenvalue weighted by molar-refractivity contribution is 5.74. The summed E-state index contributed by atoms with van der Waals surface area (Å²) in [6, 6.07) is 8.61. The Hall–Kier alpha value is -2.06. The Morgan fingerprint density at radius 3 is 3.00 bits per heavy atom. The largest absolute Gasteiger partial charge is 0.480 e. The molecule has 5 heteroatoms. The fraction of sp³-hybridized carbons (Fsp3) is 0.333. The van der Waals surface area contributed by atoms with Crippen LogP contribution in [0.25, 0.3) is 0 Å². The van der Waals surface area contributed by atoms with Crippen LogP contribution in [0.2, 0.25) is 0 Å². The van der Waals surface area contributed by atoms with E-state index < -0.39 is 17.4 Å². The average Bonchev–Trinajstić information content (AvgIpc) is 2.69. The number of fused-ring (bicyclic) bond motifs is 1. The van der Waals surface area contributed by atoms with Crippen LogP contribution in [-0.4, -0.2) is 23.7 Å². The Balaban J connectivity index is 2.35. The third kappa shape index (κ3) is 1.83. The summed E-state index contributed by atoms with van der Waals surface area (Å²) in [7, 11) is 0. The van der Waals surface area contributed by atoms with E-state index in [0.29, 0.717) is 6.54 Å². The minimum absolute atomic E-state index is 0.114. The number of hydrogen-bond acceptors (Lipinski definition) is 4. The summed E-state index contributed by atoms with van der Waals surface area (Å²) in [5.74, 6) is -1.08. The highest BCUT2D eigenvalue weighted by Gasteiger charge is 2.41. The molecular weight excluding hydrogens is 218 g/mol. The monoisotopic (exact) mass is 231 g/mol. The van der Waals surface area contributed by atoms with Gasteiger partial charge in [-0.1, -0.05) is 18.2 Å². The van der Waals surface area contributed by atoms with Crippen molar-refractivity contribution in [3.63, 3.8) is 0 Å². The van der Waals surface area contributed by atoms with Crippen LogP contribution in [0.4, 0.5) is 5.69 Å². The molecule has 0 amide bonds. The molecule has 0 saturated heterocycles. The van der Waals surface area contributed by atoms with Crippen molar-refractivity contribution in [2.45, 2.75) is 17.9 Å². The first-order chi connectivity index (χ1) is 8.09. The van der Waals surface area contributed by atoms with Gasteiger partial charge in [-0.2, -0.15) is 5.26 Å². The summed E-state index contributed by atoms with van der Waals surface area (Å²) < 4.78 is 0. The standard InChI is InChI=1S/C12H13N3O2/c13-6-12(5-9(14)11(16)17)7-15-10-4-2-1-3-8(10)12/h1-4,9,15H,5,7,14H2,(H,16,17)/t9-,12-/m0/s1. The van der Waals surface area contributed by atoms with Crippen molar-refractivity contribution in [2.24, 2.45) is 5.73 Å². The van der Waals surface area contributed by atoms with Gasteiger partial charge in [-0.05, 0) is 18.1 Å². The highest BCUT2D eigenvalue weighted by Crippen LogP contribution is 2.39. The minimum Gasteiger partial charge on any atom is -0.480 e. The van der Waals surface area contributed by atoms with E-state index >= 15 is 0 Å². The van der Waals surface area contributed by atoms with Gasteiger partial charge in [0.2, 0.25) is 0 Å². The fourth-order valence-corrected chi connectivity index (χ4v) is 2.19. The second kappa shape index (κ2) is 4.07. The quantitative estimate of drug-likeness (QED) is 0.710. The first-order valence-corrected chi connectivity index (χ1v) is 5.32. The van der Waals surface area contributed by atoms with E-state index in [9.17, 15) is 10.1 Å². The fourth-order valence-electron chi connectivity index (χ4n) is 2.19. The number of para-hydroxylation sites is 1. The van der Waals surface area contributed by atoms with E-state index in [2.05, 4.69) is 11.4 Å². The number of anilines is 1. The summed E-state index contributed by atoms with van der Waals surface area (Å²) in [5.41, 5.74) is 6.41. The molecule has 0 spiro atoms. The molecule has 0 fully saturated rings. The van der Waals surface area contributed by atoms with Crippen LogP contribution >= 0.6 is 0 Å². The van der Waals surface area contributed by atoms with Crippen molar-refractivity contribution in [3.8, 4) is 6.07 Å². The maximum absolute atomic E-state index is 10.8. The Kier molecular flexibility index (Phi) is 2.74. The normalized spacial score (nSPS) is 23.3. The number of nitriles is 1. The number of rotatable bonds is 3. The topological polar surface area (TPSA) is 99.1 Å². The zero-order valence-corrected chi connectivity index (χ0v) is 9.18. The Morgan fingerprint density at radius 2 is 2.35 bits per heavy atom. The summed E-state index contributed by atoms with van der Waals surface area (Å²) in [6.45, 7) is 0.407. The van der Waals surface area contributed by atoms with E-state index in [-0.39, 0.29) is 6.42 Å². The van der Waals surface area contributed by atoms with Gasteiger partial charge in [0.25, 0.3) is 0 Å². The molecule has 0 aliphatic carbocycles. The molecule has 4 N–H and O–H groups in total. The number of nitrogens with two attached hydrogens (primary N) is 1. The first-order valence-electron chi connectivity index (χ1n) is 5.32. The third-order valence-electron chi connectivity index (χ3n) is 3.12. The maximum atomic E-state index is 10.8. The molecule has 0 aromatic heterocycles. The summed E-state index contributed by atoms with van der Waals surface area (Å²) in [4.78, 5) is 10.8. The molecule has 2 rings (SSSR count). The Bertz CT molecular complexity index is 495. The molecule has 1 aliphatic heterocycles. The molecule has 1 aromatic rings. The van der Waals surface area contributed by atoms with Gasteiger partial charge in [-0.15, -0.1) is 0 Å². The maximum Gasteiger partial charge on any atom is 0.320 e.